The first-order chi connectivity index (χ1) is 11.8. The molecule has 24 heavy (non-hydrogen) atoms. The maximum Gasteiger partial charge on any atom is 0.253 e. The van der Waals surface area contributed by atoms with Crippen LogP contribution in [0.5, 0.6) is 0 Å². The van der Waals surface area contributed by atoms with E-state index in [2.05, 4.69) is 19.6 Å². The van der Waals surface area contributed by atoms with Crippen LogP contribution in [0.25, 0.3) is 5.69 Å². The molecule has 1 amide bonds. The fourth-order valence-corrected chi connectivity index (χ4v) is 3.16. The Hall–Kier alpha value is -2.96. The van der Waals surface area contributed by atoms with Crippen molar-refractivity contribution in [3.05, 3.63) is 61.2 Å². The van der Waals surface area contributed by atoms with Gasteiger partial charge in [0, 0.05) is 37.1 Å². The SMILES string of the molecule is O=C(c1cccc(-n2cncn2)c1)N1CCC(n2ccnc2)CC1. The van der Waals surface area contributed by atoms with Crippen molar-refractivity contribution in [2.24, 2.45) is 0 Å². The van der Waals surface area contributed by atoms with Gasteiger partial charge in [0.05, 0.1) is 12.0 Å². The van der Waals surface area contributed by atoms with Gasteiger partial charge >= 0.3 is 0 Å². The molecular weight excluding hydrogens is 304 g/mol. The second-order valence-corrected chi connectivity index (χ2v) is 5.92. The van der Waals surface area contributed by atoms with E-state index in [0.717, 1.165) is 31.6 Å². The average Bonchev–Trinajstić information content (AvgIpc) is 3.35. The fraction of sp³-hybridized carbons (Fsp3) is 0.294. The van der Waals surface area contributed by atoms with Gasteiger partial charge in [0.15, 0.2) is 0 Å². The molecule has 1 saturated heterocycles. The highest BCUT2D eigenvalue weighted by Gasteiger charge is 2.24. The minimum absolute atomic E-state index is 0.0704. The zero-order valence-electron chi connectivity index (χ0n) is 13.2. The summed E-state index contributed by atoms with van der Waals surface area (Å²) in [7, 11) is 0. The van der Waals surface area contributed by atoms with Gasteiger partial charge in [-0.2, -0.15) is 5.10 Å². The lowest BCUT2D eigenvalue weighted by atomic mass is 10.0. The number of rotatable bonds is 3. The number of aromatic nitrogens is 5. The molecule has 4 rings (SSSR count). The van der Waals surface area contributed by atoms with Crippen LogP contribution in [0, 0.1) is 0 Å². The maximum atomic E-state index is 12.8. The summed E-state index contributed by atoms with van der Waals surface area (Å²) in [5, 5.41) is 4.11. The van der Waals surface area contributed by atoms with Crippen molar-refractivity contribution in [3.8, 4) is 5.69 Å². The summed E-state index contributed by atoms with van der Waals surface area (Å²) in [5.74, 6) is 0.0704. The third-order valence-electron chi connectivity index (χ3n) is 4.47. The van der Waals surface area contributed by atoms with E-state index >= 15 is 0 Å². The van der Waals surface area contributed by atoms with Crippen LogP contribution in [-0.2, 0) is 0 Å². The first-order valence-corrected chi connectivity index (χ1v) is 8.03. The molecule has 7 nitrogen and oxygen atoms in total. The predicted octanol–water partition coefficient (Wildman–Crippen LogP) is 1.94. The zero-order valence-corrected chi connectivity index (χ0v) is 13.2. The zero-order chi connectivity index (χ0) is 16.4. The van der Waals surface area contributed by atoms with Crippen LogP contribution < -0.4 is 0 Å². The molecule has 2 aromatic heterocycles. The van der Waals surface area contributed by atoms with E-state index in [4.69, 9.17) is 0 Å². The number of nitrogens with zero attached hydrogens (tertiary/aromatic N) is 6. The van der Waals surface area contributed by atoms with Gasteiger partial charge in [0.2, 0.25) is 0 Å². The van der Waals surface area contributed by atoms with Gasteiger partial charge in [-0.1, -0.05) is 6.07 Å². The second kappa shape index (κ2) is 6.27. The molecule has 1 aliphatic rings. The lowest BCUT2D eigenvalue weighted by Crippen LogP contribution is -2.38. The van der Waals surface area contributed by atoms with Crippen molar-refractivity contribution in [1.82, 2.24) is 29.2 Å². The van der Waals surface area contributed by atoms with Gasteiger partial charge < -0.3 is 9.47 Å². The highest BCUT2D eigenvalue weighted by Crippen LogP contribution is 2.23. The molecule has 0 spiro atoms. The highest BCUT2D eigenvalue weighted by molar-refractivity contribution is 5.94. The Morgan fingerprint density at radius 2 is 2.00 bits per heavy atom. The van der Waals surface area contributed by atoms with E-state index in [1.807, 2.05) is 41.7 Å². The molecule has 0 radical (unpaired) electrons. The van der Waals surface area contributed by atoms with Crippen LogP contribution in [-0.4, -0.2) is 48.2 Å². The predicted molar refractivity (Wildman–Crippen MR) is 87.8 cm³/mol. The van der Waals surface area contributed by atoms with Crippen molar-refractivity contribution in [3.63, 3.8) is 0 Å². The first kappa shape index (κ1) is 14.6. The molecule has 0 atom stereocenters. The quantitative estimate of drug-likeness (QED) is 0.739. The molecule has 1 fully saturated rings. The maximum absolute atomic E-state index is 12.8. The summed E-state index contributed by atoms with van der Waals surface area (Å²) < 4.78 is 3.79. The summed E-state index contributed by atoms with van der Waals surface area (Å²) in [6.07, 6.45) is 10.6. The summed E-state index contributed by atoms with van der Waals surface area (Å²) in [6.45, 7) is 1.52. The van der Waals surface area contributed by atoms with E-state index in [1.54, 1.807) is 17.2 Å². The van der Waals surface area contributed by atoms with Gasteiger partial charge in [-0.15, -0.1) is 0 Å². The van der Waals surface area contributed by atoms with E-state index in [-0.39, 0.29) is 5.91 Å². The van der Waals surface area contributed by atoms with Gasteiger partial charge in [0.1, 0.15) is 12.7 Å². The molecule has 0 saturated carbocycles. The second-order valence-electron chi connectivity index (χ2n) is 5.92. The largest absolute Gasteiger partial charge is 0.338 e. The third kappa shape index (κ3) is 2.80. The van der Waals surface area contributed by atoms with Crippen molar-refractivity contribution in [1.29, 1.82) is 0 Å². The summed E-state index contributed by atoms with van der Waals surface area (Å²) in [4.78, 5) is 22.7. The highest BCUT2D eigenvalue weighted by atomic mass is 16.2. The molecule has 7 heteroatoms. The number of carbonyl (C=O) groups excluding carboxylic acids is 1. The molecular formula is C17H18N6O. The van der Waals surface area contributed by atoms with Crippen LogP contribution in [0.3, 0.4) is 0 Å². The Bertz CT molecular complexity index is 803. The Morgan fingerprint density at radius 3 is 2.71 bits per heavy atom. The monoisotopic (exact) mass is 322 g/mol. The molecule has 3 heterocycles. The Balaban J connectivity index is 1.46. The van der Waals surface area contributed by atoms with E-state index in [1.165, 1.54) is 6.33 Å². The van der Waals surface area contributed by atoms with Crippen LogP contribution in [0.1, 0.15) is 29.2 Å². The minimum Gasteiger partial charge on any atom is -0.338 e. The Kier molecular flexibility index (Phi) is 3.82. The third-order valence-corrected chi connectivity index (χ3v) is 4.47. The van der Waals surface area contributed by atoms with Gasteiger partial charge in [-0.3, -0.25) is 4.79 Å². The lowest BCUT2D eigenvalue weighted by molar-refractivity contribution is 0.0694. The van der Waals surface area contributed by atoms with Crippen LogP contribution in [0.4, 0.5) is 0 Å². The molecule has 3 aromatic rings. The Labute approximate surface area is 139 Å². The summed E-state index contributed by atoms with van der Waals surface area (Å²) >= 11 is 0. The normalized spacial score (nSPS) is 15.6. The number of carbonyl (C=O) groups is 1. The average molecular weight is 322 g/mol. The number of amides is 1. The molecule has 122 valence electrons. The standard InChI is InChI=1S/C17H18N6O/c24-17(14-2-1-3-16(10-14)23-13-19-11-20-23)21-7-4-15(5-8-21)22-9-6-18-12-22/h1-3,6,9-13,15H,4-5,7-8H2. The number of piperidine rings is 1. The topological polar surface area (TPSA) is 68.8 Å². The minimum atomic E-state index is 0.0704. The molecule has 1 aromatic carbocycles. The summed E-state index contributed by atoms with van der Waals surface area (Å²) in [6, 6.07) is 7.93. The van der Waals surface area contributed by atoms with Crippen molar-refractivity contribution in [2.45, 2.75) is 18.9 Å². The number of hydrogen-bond donors (Lipinski definition) is 0. The van der Waals surface area contributed by atoms with Crippen molar-refractivity contribution >= 4 is 5.91 Å². The number of hydrogen-bond acceptors (Lipinski definition) is 4. The van der Waals surface area contributed by atoms with E-state index in [9.17, 15) is 4.79 Å². The van der Waals surface area contributed by atoms with Gasteiger partial charge in [-0.25, -0.2) is 14.6 Å². The molecule has 0 aliphatic carbocycles. The molecule has 1 aliphatic heterocycles. The number of imidazole rings is 1. The van der Waals surface area contributed by atoms with Gasteiger partial charge in [0.25, 0.3) is 5.91 Å². The molecule has 0 N–H and O–H groups in total. The van der Waals surface area contributed by atoms with Crippen LogP contribution in [0.15, 0.2) is 55.6 Å². The number of benzene rings is 1. The van der Waals surface area contributed by atoms with Crippen LogP contribution in [0.2, 0.25) is 0 Å². The van der Waals surface area contributed by atoms with E-state index in [0.29, 0.717) is 11.6 Å². The first-order valence-electron chi connectivity index (χ1n) is 8.03. The molecule has 0 unspecified atom stereocenters. The van der Waals surface area contributed by atoms with E-state index < -0.39 is 0 Å². The van der Waals surface area contributed by atoms with Crippen molar-refractivity contribution < 1.29 is 4.79 Å². The fourth-order valence-electron chi connectivity index (χ4n) is 3.16. The molecule has 0 bridgehead atoms. The number of likely N-dealkylation sites (tertiary alicyclic amines) is 1. The van der Waals surface area contributed by atoms with Crippen molar-refractivity contribution in [2.75, 3.05) is 13.1 Å². The smallest absolute Gasteiger partial charge is 0.253 e. The lowest BCUT2D eigenvalue weighted by Gasteiger charge is -2.32. The van der Waals surface area contributed by atoms with Gasteiger partial charge in [-0.05, 0) is 31.0 Å². The summed E-state index contributed by atoms with van der Waals surface area (Å²) in [5.41, 5.74) is 1.52. The Morgan fingerprint density at radius 1 is 1.12 bits per heavy atom. The van der Waals surface area contributed by atoms with Crippen LogP contribution >= 0.6 is 0 Å².